The first-order chi connectivity index (χ1) is 10.6. The van der Waals surface area contributed by atoms with Crippen molar-refractivity contribution in [3.05, 3.63) is 0 Å². The van der Waals surface area contributed by atoms with Gasteiger partial charge in [-0.1, -0.05) is 6.42 Å². The van der Waals surface area contributed by atoms with Gasteiger partial charge in [-0.25, -0.2) is 0 Å². The lowest BCUT2D eigenvalue weighted by Gasteiger charge is -2.38. The summed E-state index contributed by atoms with van der Waals surface area (Å²) in [6, 6.07) is 0. The zero-order valence-electron chi connectivity index (χ0n) is 15.3. The molecule has 0 amide bonds. The monoisotopic (exact) mass is 438 g/mol. The van der Waals surface area contributed by atoms with Crippen LogP contribution in [0.1, 0.15) is 39.0 Å². The molecule has 6 heteroatoms. The summed E-state index contributed by atoms with van der Waals surface area (Å²) in [7, 11) is 6.11. The minimum absolute atomic E-state index is 0. The van der Waals surface area contributed by atoms with E-state index in [9.17, 15) is 0 Å². The molecular formula is C17H35IN4O. The molecule has 1 aliphatic heterocycles. The van der Waals surface area contributed by atoms with Crippen molar-refractivity contribution in [2.45, 2.75) is 45.1 Å². The number of halogens is 1. The van der Waals surface area contributed by atoms with Gasteiger partial charge in [0.1, 0.15) is 0 Å². The average Bonchev–Trinajstić information content (AvgIpc) is 2.90. The van der Waals surface area contributed by atoms with Gasteiger partial charge < -0.3 is 19.9 Å². The lowest BCUT2D eigenvalue weighted by molar-refractivity contribution is 0.0543. The summed E-state index contributed by atoms with van der Waals surface area (Å²) in [5, 5.41) is 3.54. The number of rotatable bonds is 7. The molecule has 1 N–H and O–H groups in total. The summed E-state index contributed by atoms with van der Waals surface area (Å²) in [6.07, 6.45) is 6.87. The summed E-state index contributed by atoms with van der Waals surface area (Å²) in [5.74, 6) is 1.05. The first-order valence-electron chi connectivity index (χ1n) is 8.80. The van der Waals surface area contributed by atoms with Crippen LogP contribution in [0.4, 0.5) is 0 Å². The highest BCUT2D eigenvalue weighted by Crippen LogP contribution is 2.47. The van der Waals surface area contributed by atoms with Crippen LogP contribution >= 0.6 is 24.0 Å². The van der Waals surface area contributed by atoms with Crippen molar-refractivity contribution in [1.82, 2.24) is 15.1 Å². The fourth-order valence-corrected chi connectivity index (χ4v) is 3.62. The normalized spacial score (nSPS) is 21.3. The van der Waals surface area contributed by atoms with E-state index in [0.717, 1.165) is 38.6 Å². The summed E-state index contributed by atoms with van der Waals surface area (Å²) in [4.78, 5) is 9.14. The van der Waals surface area contributed by atoms with Gasteiger partial charge in [0.2, 0.25) is 0 Å². The molecule has 5 nitrogen and oxygen atoms in total. The lowest BCUT2D eigenvalue weighted by Crippen LogP contribution is -2.45. The first kappa shape index (κ1) is 21.0. The third kappa shape index (κ3) is 6.05. The summed E-state index contributed by atoms with van der Waals surface area (Å²) < 4.78 is 5.86. The van der Waals surface area contributed by atoms with E-state index in [0.29, 0.717) is 5.41 Å². The standard InChI is InChI=1S/C17H34N4O.HI/c1-5-22-15(7-11-20(3)4)13-19-16(18-2)21-12-10-17(14-21)8-6-9-17;/h15H,5-14H2,1-4H3,(H,18,19);1H. The molecule has 136 valence electrons. The molecule has 0 aromatic rings. The number of hydrogen-bond donors (Lipinski definition) is 1. The van der Waals surface area contributed by atoms with E-state index < -0.39 is 0 Å². The van der Waals surface area contributed by atoms with Crippen LogP contribution in [0.3, 0.4) is 0 Å². The van der Waals surface area contributed by atoms with Gasteiger partial charge in [0.15, 0.2) is 5.96 Å². The molecule has 1 spiro atoms. The number of likely N-dealkylation sites (tertiary alicyclic amines) is 1. The zero-order valence-corrected chi connectivity index (χ0v) is 17.6. The number of ether oxygens (including phenoxy) is 1. The SMILES string of the molecule is CCOC(CCN(C)C)CNC(=NC)N1CCC2(CCC2)C1.I. The van der Waals surface area contributed by atoms with Gasteiger partial charge in [0.05, 0.1) is 6.10 Å². The Balaban J connectivity index is 0.00000264. The molecule has 2 rings (SSSR count). The minimum Gasteiger partial charge on any atom is -0.377 e. The average molecular weight is 438 g/mol. The van der Waals surface area contributed by atoms with E-state index in [4.69, 9.17) is 4.74 Å². The molecule has 1 saturated carbocycles. The van der Waals surface area contributed by atoms with Gasteiger partial charge in [-0.2, -0.15) is 0 Å². The topological polar surface area (TPSA) is 40.1 Å². The molecule has 2 aliphatic rings. The molecule has 1 saturated heterocycles. The van der Waals surface area contributed by atoms with Crippen molar-refractivity contribution in [1.29, 1.82) is 0 Å². The molecule has 1 heterocycles. The zero-order chi connectivity index (χ0) is 16.0. The Hall–Kier alpha value is -0.0800. The smallest absolute Gasteiger partial charge is 0.193 e. The van der Waals surface area contributed by atoms with Gasteiger partial charge in [0.25, 0.3) is 0 Å². The maximum Gasteiger partial charge on any atom is 0.193 e. The third-order valence-electron chi connectivity index (χ3n) is 5.15. The molecule has 0 radical (unpaired) electrons. The number of guanidine groups is 1. The van der Waals surface area contributed by atoms with Gasteiger partial charge >= 0.3 is 0 Å². The maximum absolute atomic E-state index is 5.86. The number of hydrogen-bond acceptors (Lipinski definition) is 3. The Morgan fingerprint density at radius 1 is 1.35 bits per heavy atom. The molecule has 23 heavy (non-hydrogen) atoms. The molecular weight excluding hydrogens is 403 g/mol. The molecule has 1 aliphatic carbocycles. The van der Waals surface area contributed by atoms with Crippen LogP contribution in [0.2, 0.25) is 0 Å². The predicted molar refractivity (Wildman–Crippen MR) is 108 cm³/mol. The van der Waals surface area contributed by atoms with E-state index >= 15 is 0 Å². The number of aliphatic imine (C=N–C) groups is 1. The van der Waals surface area contributed by atoms with Crippen LogP contribution < -0.4 is 5.32 Å². The van der Waals surface area contributed by atoms with Crippen molar-refractivity contribution in [3.8, 4) is 0 Å². The largest absolute Gasteiger partial charge is 0.377 e. The van der Waals surface area contributed by atoms with Crippen molar-refractivity contribution < 1.29 is 4.74 Å². The van der Waals surface area contributed by atoms with Crippen LogP contribution in [-0.4, -0.2) is 75.8 Å². The number of nitrogens with one attached hydrogen (secondary N) is 1. The van der Waals surface area contributed by atoms with Crippen molar-refractivity contribution in [3.63, 3.8) is 0 Å². The highest BCUT2D eigenvalue weighted by Gasteiger charge is 2.43. The fourth-order valence-electron chi connectivity index (χ4n) is 3.62. The van der Waals surface area contributed by atoms with E-state index in [2.05, 4.69) is 41.1 Å². The Morgan fingerprint density at radius 3 is 2.57 bits per heavy atom. The Kier molecular flexibility index (Phi) is 9.15. The van der Waals surface area contributed by atoms with Crippen molar-refractivity contribution >= 4 is 29.9 Å². The van der Waals surface area contributed by atoms with Gasteiger partial charge in [-0.05, 0) is 52.1 Å². The second-order valence-corrected chi connectivity index (χ2v) is 7.12. The molecule has 0 aromatic carbocycles. The van der Waals surface area contributed by atoms with Crippen molar-refractivity contribution in [2.24, 2.45) is 10.4 Å². The summed E-state index contributed by atoms with van der Waals surface area (Å²) in [5.41, 5.74) is 0.613. The first-order valence-corrected chi connectivity index (χ1v) is 8.80. The highest BCUT2D eigenvalue weighted by molar-refractivity contribution is 14.0. The van der Waals surface area contributed by atoms with E-state index in [1.165, 1.54) is 32.2 Å². The minimum atomic E-state index is 0. The van der Waals surface area contributed by atoms with Crippen LogP contribution in [-0.2, 0) is 4.74 Å². The lowest BCUT2D eigenvalue weighted by atomic mass is 9.68. The third-order valence-corrected chi connectivity index (χ3v) is 5.15. The summed E-state index contributed by atoms with van der Waals surface area (Å²) >= 11 is 0. The Morgan fingerprint density at radius 2 is 2.09 bits per heavy atom. The molecule has 1 unspecified atom stereocenters. The predicted octanol–water partition coefficient (Wildman–Crippen LogP) is 2.41. The molecule has 0 bridgehead atoms. The van der Waals surface area contributed by atoms with Crippen LogP contribution in [0, 0.1) is 5.41 Å². The van der Waals surface area contributed by atoms with Gasteiger partial charge in [0, 0.05) is 39.8 Å². The summed E-state index contributed by atoms with van der Waals surface area (Å²) in [6.45, 7) is 7.07. The van der Waals surface area contributed by atoms with E-state index in [1.807, 2.05) is 7.05 Å². The fraction of sp³-hybridized carbons (Fsp3) is 0.941. The van der Waals surface area contributed by atoms with Gasteiger partial charge in [-0.3, -0.25) is 4.99 Å². The molecule has 1 atom stereocenters. The van der Waals surface area contributed by atoms with Crippen molar-refractivity contribution in [2.75, 3.05) is 53.9 Å². The van der Waals surface area contributed by atoms with Crippen LogP contribution in [0.25, 0.3) is 0 Å². The van der Waals surface area contributed by atoms with Crippen LogP contribution in [0.15, 0.2) is 4.99 Å². The Labute approximate surface area is 159 Å². The Bertz CT molecular complexity index is 372. The van der Waals surface area contributed by atoms with Crippen LogP contribution in [0.5, 0.6) is 0 Å². The molecule has 2 fully saturated rings. The second kappa shape index (κ2) is 10.0. The van der Waals surface area contributed by atoms with E-state index in [1.54, 1.807) is 0 Å². The van der Waals surface area contributed by atoms with E-state index in [-0.39, 0.29) is 30.1 Å². The number of nitrogens with zero attached hydrogens (tertiary/aromatic N) is 3. The second-order valence-electron chi connectivity index (χ2n) is 7.12. The van der Waals surface area contributed by atoms with Gasteiger partial charge in [-0.15, -0.1) is 24.0 Å². The quantitative estimate of drug-likeness (QED) is 0.377. The highest BCUT2D eigenvalue weighted by atomic mass is 127. The molecule has 0 aromatic heterocycles. The maximum atomic E-state index is 5.86.